The van der Waals surface area contributed by atoms with Crippen LogP contribution in [0.25, 0.3) is 0 Å². The van der Waals surface area contributed by atoms with Gasteiger partial charge in [0.2, 0.25) is 0 Å². The first-order valence-corrected chi connectivity index (χ1v) is 8.75. The Kier molecular flexibility index (Phi) is 15.2. The number of aliphatic carboxylic acids is 1. The van der Waals surface area contributed by atoms with E-state index in [0.717, 1.165) is 43.4 Å². The van der Waals surface area contributed by atoms with E-state index < -0.39 is 12.0 Å². The van der Waals surface area contributed by atoms with Gasteiger partial charge in [-0.3, -0.25) is 4.79 Å². The van der Waals surface area contributed by atoms with E-state index in [1.54, 1.807) is 7.11 Å². The lowest BCUT2D eigenvalue weighted by atomic mass is 9.94. The average molecular weight is 359 g/mol. The number of nitrogens with two attached hydrogens (primary N) is 1. The second-order valence-corrected chi connectivity index (χ2v) is 6.32. The van der Waals surface area contributed by atoms with Crippen LogP contribution in [-0.4, -0.2) is 98.5 Å². The summed E-state index contributed by atoms with van der Waals surface area (Å²) >= 11 is 0. The Labute approximate surface area is 153 Å². The second kappa shape index (κ2) is 15.6. The molecule has 0 aromatic heterocycles. The topological polar surface area (TPSA) is 115 Å². The Morgan fingerprint density at radius 3 is 2.56 bits per heavy atom. The minimum Gasteiger partial charge on any atom is -0.480 e. The minimum atomic E-state index is -0.843. The van der Waals surface area contributed by atoms with Crippen LogP contribution in [0.15, 0.2) is 0 Å². The van der Waals surface area contributed by atoms with Gasteiger partial charge in [-0.2, -0.15) is 0 Å². The summed E-state index contributed by atoms with van der Waals surface area (Å²) in [5.41, 5.74) is 5.35. The zero-order chi connectivity index (χ0) is 19.0. The Morgan fingerprint density at radius 2 is 1.96 bits per heavy atom. The number of nitrogens with one attached hydrogen (secondary N) is 2. The number of likely N-dealkylation sites (N-methyl/N-ethyl adjacent to an activating group) is 1. The molecule has 0 fully saturated rings. The highest BCUT2D eigenvalue weighted by molar-refractivity contribution is 6.27. The molecule has 0 aliphatic carbocycles. The Hall–Kier alpha value is -0.615. The molecule has 0 aromatic carbocycles. The van der Waals surface area contributed by atoms with E-state index in [2.05, 4.69) is 17.5 Å². The van der Waals surface area contributed by atoms with Crippen molar-refractivity contribution in [3.63, 3.8) is 0 Å². The molecular weight excluding hydrogens is 325 g/mol. The molecule has 0 saturated heterocycles. The summed E-state index contributed by atoms with van der Waals surface area (Å²) < 4.78 is 16.0. The number of hydrogen-bond acceptors (Lipinski definition) is 7. The largest absolute Gasteiger partial charge is 0.480 e. The first-order chi connectivity index (χ1) is 12.0. The maximum absolute atomic E-state index is 11.3. The number of hydrogen-bond donors (Lipinski definition) is 4. The lowest BCUT2D eigenvalue weighted by Crippen LogP contribution is -2.50. The molecule has 5 N–H and O–H groups in total. The molecule has 0 rings (SSSR count). The van der Waals surface area contributed by atoms with Gasteiger partial charge in [-0.15, -0.1) is 0 Å². The van der Waals surface area contributed by atoms with Crippen molar-refractivity contribution in [2.24, 2.45) is 5.73 Å². The molecule has 0 amide bonds. The third-order valence-corrected chi connectivity index (χ3v) is 4.14. The van der Waals surface area contributed by atoms with Crippen molar-refractivity contribution >= 4 is 28.7 Å². The van der Waals surface area contributed by atoms with Crippen LogP contribution in [0, 0.1) is 0 Å². The summed E-state index contributed by atoms with van der Waals surface area (Å²) in [6, 6.07) is -0.583. The van der Waals surface area contributed by atoms with Gasteiger partial charge < -0.3 is 39.7 Å². The van der Waals surface area contributed by atoms with Gasteiger partial charge in [-0.05, 0) is 19.2 Å². The molecule has 0 bridgehead atoms. The fourth-order valence-electron chi connectivity index (χ4n) is 2.66. The molecule has 0 heterocycles. The van der Waals surface area contributed by atoms with Crippen molar-refractivity contribution in [3.05, 3.63) is 0 Å². The highest BCUT2D eigenvalue weighted by Gasteiger charge is 2.23. The summed E-state index contributed by atoms with van der Waals surface area (Å²) in [5, 5.41) is 15.4. The number of carbonyl (C=O) groups is 1. The maximum atomic E-state index is 11.3. The zero-order valence-corrected chi connectivity index (χ0v) is 16.0. The smallest absolute Gasteiger partial charge is 0.361 e. The van der Waals surface area contributed by atoms with Crippen LogP contribution >= 0.6 is 0 Å². The van der Waals surface area contributed by atoms with Crippen LogP contribution in [0.1, 0.15) is 12.8 Å². The van der Waals surface area contributed by atoms with Gasteiger partial charge in [-0.25, -0.2) is 0 Å². The molecule has 0 spiro atoms. The lowest BCUT2D eigenvalue weighted by Gasteiger charge is -2.35. The molecule has 9 nitrogen and oxygen atoms in total. The third kappa shape index (κ3) is 13.3. The van der Waals surface area contributed by atoms with Gasteiger partial charge in [0.1, 0.15) is 0 Å². The van der Waals surface area contributed by atoms with Crippen molar-refractivity contribution in [2.75, 3.05) is 54.2 Å². The van der Waals surface area contributed by atoms with Gasteiger partial charge in [0.05, 0.1) is 39.5 Å². The van der Waals surface area contributed by atoms with Crippen LogP contribution in [0.5, 0.6) is 0 Å². The SMILES string of the molecule is COBNCC[N+](C)(CCBOCN)CCCC(NBOC)C(=O)O. The standard InChI is InChI=1S/C13H33B3N4O5/c1-20(9-6-14-25-11-17,10-7-18-15-23-2)8-4-5-12(13(21)22)19-16-24-3/h12,14-16,18-19H,4-11,17H2,1-3H3/p+1. The maximum Gasteiger partial charge on any atom is 0.361 e. The predicted molar refractivity (Wildman–Crippen MR) is 103 cm³/mol. The first-order valence-electron chi connectivity index (χ1n) is 8.75. The van der Waals surface area contributed by atoms with E-state index in [-0.39, 0.29) is 14.3 Å². The van der Waals surface area contributed by atoms with Gasteiger partial charge in [0, 0.05) is 20.8 Å². The monoisotopic (exact) mass is 359 g/mol. The van der Waals surface area contributed by atoms with Crippen LogP contribution in [0.3, 0.4) is 0 Å². The normalized spacial score (nSPS) is 14.6. The third-order valence-electron chi connectivity index (χ3n) is 4.14. The van der Waals surface area contributed by atoms with Crippen molar-refractivity contribution in [2.45, 2.75) is 25.2 Å². The molecule has 0 saturated carbocycles. The van der Waals surface area contributed by atoms with Crippen molar-refractivity contribution in [1.82, 2.24) is 10.5 Å². The molecule has 2 atom stereocenters. The van der Waals surface area contributed by atoms with Crippen LogP contribution in [0.2, 0.25) is 6.32 Å². The quantitative estimate of drug-likeness (QED) is 0.0910. The Bertz CT molecular complexity index is 333. The van der Waals surface area contributed by atoms with E-state index in [1.165, 1.54) is 7.11 Å². The molecule has 144 valence electrons. The van der Waals surface area contributed by atoms with Crippen molar-refractivity contribution in [3.8, 4) is 0 Å². The molecular formula is C13H34B3N4O5+. The van der Waals surface area contributed by atoms with E-state index in [9.17, 15) is 9.90 Å². The number of nitrogens with zero attached hydrogens (tertiary/aromatic N) is 1. The Morgan fingerprint density at radius 1 is 1.24 bits per heavy atom. The molecule has 0 radical (unpaired) electrons. The number of carboxylic acid groups (broad SMARTS) is 1. The highest BCUT2D eigenvalue weighted by Crippen LogP contribution is 2.09. The van der Waals surface area contributed by atoms with Gasteiger partial charge in [0.25, 0.3) is 7.48 Å². The Balaban J connectivity index is 4.39. The van der Waals surface area contributed by atoms with Crippen molar-refractivity contribution in [1.29, 1.82) is 0 Å². The predicted octanol–water partition coefficient (Wildman–Crippen LogP) is -2.63. The second-order valence-electron chi connectivity index (χ2n) is 6.32. The molecule has 0 aliphatic rings. The summed E-state index contributed by atoms with van der Waals surface area (Å²) in [7, 11) is 6.79. The molecule has 0 aliphatic heterocycles. The van der Waals surface area contributed by atoms with Crippen LogP contribution in [-0.2, 0) is 18.8 Å². The van der Waals surface area contributed by atoms with E-state index >= 15 is 0 Å². The van der Waals surface area contributed by atoms with Gasteiger partial charge in [-0.1, -0.05) is 0 Å². The summed E-state index contributed by atoms with van der Waals surface area (Å²) in [6.07, 6.45) is 2.30. The van der Waals surface area contributed by atoms with Crippen LogP contribution in [0.4, 0.5) is 0 Å². The van der Waals surface area contributed by atoms with E-state index in [1.807, 2.05) is 0 Å². The number of carboxylic acids is 1. The highest BCUT2D eigenvalue weighted by atomic mass is 16.4. The summed E-state index contributed by atoms with van der Waals surface area (Å²) in [4.78, 5) is 11.3. The molecule has 25 heavy (non-hydrogen) atoms. The number of rotatable bonds is 18. The molecule has 2 unspecified atom stereocenters. The van der Waals surface area contributed by atoms with E-state index in [0.29, 0.717) is 21.5 Å². The van der Waals surface area contributed by atoms with Gasteiger partial charge >= 0.3 is 21.2 Å². The summed E-state index contributed by atoms with van der Waals surface area (Å²) in [5.74, 6) is -0.843. The van der Waals surface area contributed by atoms with E-state index in [4.69, 9.17) is 19.7 Å². The number of quaternary nitrogens is 1. The summed E-state index contributed by atoms with van der Waals surface area (Å²) in [6.45, 7) is 3.87. The average Bonchev–Trinajstić information content (AvgIpc) is 2.58. The van der Waals surface area contributed by atoms with Crippen molar-refractivity contribution < 1.29 is 28.3 Å². The fourth-order valence-corrected chi connectivity index (χ4v) is 2.66. The van der Waals surface area contributed by atoms with Crippen LogP contribution < -0.4 is 16.2 Å². The molecule has 12 heteroatoms. The first kappa shape index (κ1) is 24.4. The lowest BCUT2D eigenvalue weighted by molar-refractivity contribution is -0.906. The molecule has 0 aromatic rings. The zero-order valence-electron chi connectivity index (χ0n) is 16.0. The minimum absolute atomic E-state index is 0.237. The fraction of sp³-hybridized carbons (Fsp3) is 0.923. The van der Waals surface area contributed by atoms with Gasteiger partial charge in [0.15, 0.2) is 0 Å².